The number of fused-ring (bicyclic) bond motifs is 2. The van der Waals surface area contributed by atoms with Crippen molar-refractivity contribution in [2.75, 3.05) is 6.26 Å². The summed E-state index contributed by atoms with van der Waals surface area (Å²) >= 11 is 1.75. The molecular weight excluding hydrogens is 304 g/mol. The van der Waals surface area contributed by atoms with Gasteiger partial charge in [0.1, 0.15) is 5.65 Å². The first-order chi connectivity index (χ1) is 11.3. The zero-order valence-corrected chi connectivity index (χ0v) is 14.6. The van der Waals surface area contributed by atoms with E-state index in [2.05, 4.69) is 56.3 Å². The fourth-order valence-corrected chi connectivity index (χ4v) is 3.37. The zero-order valence-electron chi connectivity index (χ0n) is 13.8. The predicted octanol–water partition coefficient (Wildman–Crippen LogP) is 4.93. The minimum Gasteiger partial charge on any atom is -0.306 e. The average molecular weight is 324 g/mol. The van der Waals surface area contributed by atoms with Crippen molar-refractivity contribution >= 4 is 28.3 Å². The Labute approximate surface area is 139 Å². The molecule has 0 atom stereocenters. The molecule has 3 aromatic heterocycles. The zero-order chi connectivity index (χ0) is 16.4. The molecule has 0 aliphatic heterocycles. The van der Waals surface area contributed by atoms with Crippen LogP contribution in [-0.2, 0) is 0 Å². The van der Waals surface area contributed by atoms with E-state index in [4.69, 9.17) is 0 Å². The van der Waals surface area contributed by atoms with Gasteiger partial charge in [0.2, 0.25) is 0 Å². The molecule has 3 heterocycles. The summed E-state index contributed by atoms with van der Waals surface area (Å²) < 4.78 is 2.08. The maximum atomic E-state index is 4.48. The van der Waals surface area contributed by atoms with Crippen LogP contribution in [0.3, 0.4) is 0 Å². The number of rotatable bonds is 2. The number of aromatic nitrogens is 4. The third-order valence-electron chi connectivity index (χ3n) is 3.67. The van der Waals surface area contributed by atoms with E-state index >= 15 is 0 Å². The van der Waals surface area contributed by atoms with Crippen LogP contribution in [0.2, 0.25) is 0 Å². The molecule has 118 valence electrons. The molecule has 4 aromatic rings. The van der Waals surface area contributed by atoms with Crippen molar-refractivity contribution in [3.05, 3.63) is 48.5 Å². The summed E-state index contributed by atoms with van der Waals surface area (Å²) in [6, 6.07) is 8.41. The second-order valence-electron chi connectivity index (χ2n) is 5.04. The number of aryl methyl sites for hydroxylation is 1. The average Bonchev–Trinajstić information content (AvgIpc) is 3.19. The molecule has 0 radical (unpaired) electrons. The quantitative estimate of drug-likeness (QED) is 0.532. The Morgan fingerprint density at radius 2 is 1.91 bits per heavy atom. The van der Waals surface area contributed by atoms with E-state index < -0.39 is 0 Å². The summed E-state index contributed by atoms with van der Waals surface area (Å²) in [6.07, 6.45) is 8.18. The first kappa shape index (κ1) is 15.6. The van der Waals surface area contributed by atoms with E-state index in [1.54, 1.807) is 11.8 Å². The number of nitrogens with zero attached hydrogens (tertiary/aromatic N) is 3. The van der Waals surface area contributed by atoms with E-state index in [0.29, 0.717) is 0 Å². The number of H-pyrrole nitrogens is 1. The molecule has 23 heavy (non-hydrogen) atoms. The Morgan fingerprint density at radius 1 is 1.09 bits per heavy atom. The number of thioether (sulfide) groups is 1. The Balaban J connectivity index is 0.000000753. The van der Waals surface area contributed by atoms with Crippen molar-refractivity contribution in [1.29, 1.82) is 0 Å². The summed E-state index contributed by atoms with van der Waals surface area (Å²) in [4.78, 5) is 5.73. The lowest BCUT2D eigenvalue weighted by Crippen LogP contribution is -1.88. The molecule has 0 saturated heterocycles. The molecule has 0 amide bonds. The molecule has 4 rings (SSSR count). The highest BCUT2D eigenvalue weighted by Crippen LogP contribution is 2.36. The summed E-state index contributed by atoms with van der Waals surface area (Å²) in [5.41, 5.74) is 5.46. The highest BCUT2D eigenvalue weighted by atomic mass is 32.2. The van der Waals surface area contributed by atoms with Crippen molar-refractivity contribution in [2.45, 2.75) is 25.7 Å². The van der Waals surface area contributed by atoms with Crippen LogP contribution in [-0.4, -0.2) is 25.8 Å². The van der Waals surface area contributed by atoms with Gasteiger partial charge in [-0.3, -0.25) is 5.10 Å². The van der Waals surface area contributed by atoms with Gasteiger partial charge in [0.15, 0.2) is 0 Å². The summed E-state index contributed by atoms with van der Waals surface area (Å²) in [6.45, 7) is 6.01. The van der Waals surface area contributed by atoms with Crippen LogP contribution >= 0.6 is 11.8 Å². The summed E-state index contributed by atoms with van der Waals surface area (Å²) in [5, 5.41) is 8.37. The van der Waals surface area contributed by atoms with Gasteiger partial charge < -0.3 is 4.40 Å². The van der Waals surface area contributed by atoms with E-state index in [0.717, 1.165) is 22.2 Å². The van der Waals surface area contributed by atoms with E-state index in [1.807, 2.05) is 33.2 Å². The Hall–Kier alpha value is -2.27. The van der Waals surface area contributed by atoms with Crippen LogP contribution in [0, 0.1) is 6.92 Å². The van der Waals surface area contributed by atoms with Crippen molar-refractivity contribution in [3.63, 3.8) is 0 Å². The van der Waals surface area contributed by atoms with Crippen molar-refractivity contribution in [2.24, 2.45) is 0 Å². The molecule has 0 unspecified atom stereocenters. The molecule has 4 nitrogen and oxygen atoms in total. The first-order valence-electron chi connectivity index (χ1n) is 7.72. The summed E-state index contributed by atoms with van der Waals surface area (Å²) in [7, 11) is 0. The lowest BCUT2D eigenvalue weighted by molar-refractivity contribution is 1.12. The lowest BCUT2D eigenvalue weighted by Gasteiger charge is -2.09. The highest BCUT2D eigenvalue weighted by Gasteiger charge is 2.12. The number of imidazole rings is 1. The summed E-state index contributed by atoms with van der Waals surface area (Å²) in [5.74, 6) is 0. The smallest absolute Gasteiger partial charge is 0.136 e. The van der Waals surface area contributed by atoms with Gasteiger partial charge in [-0.25, -0.2) is 4.98 Å². The van der Waals surface area contributed by atoms with Crippen LogP contribution in [0.15, 0.2) is 47.8 Å². The first-order valence-corrected chi connectivity index (χ1v) is 8.94. The largest absolute Gasteiger partial charge is 0.306 e. The van der Waals surface area contributed by atoms with E-state index in [9.17, 15) is 0 Å². The van der Waals surface area contributed by atoms with Gasteiger partial charge in [-0.2, -0.15) is 5.10 Å². The Bertz CT molecular complexity index is 952. The molecule has 0 aliphatic carbocycles. The topological polar surface area (TPSA) is 46.0 Å². The number of nitrogens with one attached hydrogen (secondary N) is 1. The third kappa shape index (κ3) is 2.72. The van der Waals surface area contributed by atoms with Gasteiger partial charge >= 0.3 is 0 Å². The van der Waals surface area contributed by atoms with Gasteiger partial charge in [-0.05, 0) is 37.4 Å². The standard InChI is InChI=1S/C16H14N4S.C2H6/c1-10-8-20-9-11(3-6-15(20)18-10)16-12-7-17-19-13(12)4-5-14(16)21-2;1-2/h3-9H,1-2H3,(H,17,19);1-2H3. The fraction of sp³-hybridized carbons (Fsp3) is 0.222. The second-order valence-corrected chi connectivity index (χ2v) is 5.89. The maximum Gasteiger partial charge on any atom is 0.136 e. The molecule has 1 N–H and O–H groups in total. The molecule has 0 spiro atoms. The monoisotopic (exact) mass is 324 g/mol. The molecular formula is C18H20N4S. The number of pyridine rings is 1. The molecule has 0 fully saturated rings. The number of hydrogen-bond donors (Lipinski definition) is 1. The van der Waals surface area contributed by atoms with E-state index in [1.165, 1.54) is 16.0 Å². The van der Waals surface area contributed by atoms with Gasteiger partial charge in [0.05, 0.1) is 17.4 Å². The third-order valence-corrected chi connectivity index (χ3v) is 4.45. The molecule has 0 aliphatic rings. The molecule has 1 aromatic carbocycles. The SMILES string of the molecule is CC.CSc1ccc2[nH]ncc2c1-c1ccc2nc(C)cn2c1. The molecule has 5 heteroatoms. The molecule has 0 bridgehead atoms. The Kier molecular flexibility index (Phi) is 4.39. The van der Waals surface area contributed by atoms with Crippen LogP contribution in [0.5, 0.6) is 0 Å². The van der Waals surface area contributed by atoms with Crippen molar-refractivity contribution in [1.82, 2.24) is 19.6 Å². The van der Waals surface area contributed by atoms with Gasteiger partial charge in [-0.15, -0.1) is 11.8 Å². The fourth-order valence-electron chi connectivity index (χ4n) is 2.73. The minimum absolute atomic E-state index is 0.973. The van der Waals surface area contributed by atoms with Crippen LogP contribution in [0.1, 0.15) is 19.5 Å². The lowest BCUT2D eigenvalue weighted by atomic mass is 10.0. The number of aromatic amines is 1. The van der Waals surface area contributed by atoms with Gasteiger partial charge in [-0.1, -0.05) is 13.8 Å². The van der Waals surface area contributed by atoms with Crippen LogP contribution in [0.25, 0.3) is 27.7 Å². The number of hydrogen-bond acceptors (Lipinski definition) is 3. The molecule has 0 saturated carbocycles. The highest BCUT2D eigenvalue weighted by molar-refractivity contribution is 7.98. The Morgan fingerprint density at radius 3 is 2.70 bits per heavy atom. The number of benzene rings is 1. The predicted molar refractivity (Wildman–Crippen MR) is 98.1 cm³/mol. The van der Waals surface area contributed by atoms with Crippen LogP contribution in [0.4, 0.5) is 0 Å². The maximum absolute atomic E-state index is 4.48. The minimum atomic E-state index is 0.973. The van der Waals surface area contributed by atoms with Gasteiger partial charge in [0.25, 0.3) is 0 Å². The van der Waals surface area contributed by atoms with Gasteiger partial charge in [0, 0.05) is 33.8 Å². The van der Waals surface area contributed by atoms with Crippen LogP contribution < -0.4 is 0 Å². The van der Waals surface area contributed by atoms with Crippen molar-refractivity contribution < 1.29 is 0 Å². The second kappa shape index (κ2) is 6.46. The van der Waals surface area contributed by atoms with E-state index in [-0.39, 0.29) is 0 Å². The van der Waals surface area contributed by atoms with Crippen molar-refractivity contribution in [3.8, 4) is 11.1 Å². The normalized spacial score (nSPS) is 10.8.